The number of benzene rings is 2. The molecule has 0 bridgehead atoms. The standard InChI is InChI=1S/C20H20ClF3N2O5S/c1-30-14-9-13(10-15(11-14)31-2)19(27)25-5-7-26(8-6-25)32(28,29)16-3-4-18(21)17(12-16)20(22,23)24/h3-4,9-12H,5-8H2,1-2H3. The molecule has 32 heavy (non-hydrogen) atoms. The zero-order chi connectivity index (χ0) is 23.7. The first-order chi connectivity index (χ1) is 15.0. The molecule has 1 fully saturated rings. The van der Waals surface area contributed by atoms with Crippen molar-refractivity contribution in [2.75, 3.05) is 40.4 Å². The summed E-state index contributed by atoms with van der Waals surface area (Å²) in [7, 11) is -1.30. The van der Waals surface area contributed by atoms with Crippen LogP contribution < -0.4 is 9.47 Å². The number of hydrogen-bond donors (Lipinski definition) is 0. The smallest absolute Gasteiger partial charge is 0.417 e. The molecule has 7 nitrogen and oxygen atoms in total. The van der Waals surface area contributed by atoms with Gasteiger partial charge < -0.3 is 14.4 Å². The molecule has 0 N–H and O–H groups in total. The van der Waals surface area contributed by atoms with E-state index < -0.39 is 31.7 Å². The van der Waals surface area contributed by atoms with Gasteiger partial charge in [-0.05, 0) is 30.3 Å². The number of nitrogens with zero attached hydrogens (tertiary/aromatic N) is 2. The second-order valence-corrected chi connectivity index (χ2v) is 9.28. The molecule has 0 unspecified atom stereocenters. The van der Waals surface area contributed by atoms with Gasteiger partial charge >= 0.3 is 6.18 Å². The van der Waals surface area contributed by atoms with Crippen LogP contribution in [0, 0.1) is 0 Å². The SMILES string of the molecule is COc1cc(OC)cc(C(=O)N2CCN(S(=O)(=O)c3ccc(Cl)c(C(F)(F)F)c3)CC2)c1. The number of methoxy groups -OCH3 is 2. The highest BCUT2D eigenvalue weighted by molar-refractivity contribution is 7.89. The first-order valence-electron chi connectivity index (χ1n) is 9.36. The fourth-order valence-electron chi connectivity index (χ4n) is 3.28. The second kappa shape index (κ2) is 9.16. The van der Waals surface area contributed by atoms with E-state index in [4.69, 9.17) is 21.1 Å². The Morgan fingerprint density at radius 2 is 1.53 bits per heavy atom. The third-order valence-electron chi connectivity index (χ3n) is 5.01. The summed E-state index contributed by atoms with van der Waals surface area (Å²) < 4.78 is 76.4. The Morgan fingerprint density at radius 1 is 0.969 bits per heavy atom. The minimum Gasteiger partial charge on any atom is -0.497 e. The van der Waals surface area contributed by atoms with Gasteiger partial charge in [0.1, 0.15) is 11.5 Å². The molecule has 1 saturated heterocycles. The fraction of sp³-hybridized carbons (Fsp3) is 0.350. The van der Waals surface area contributed by atoms with E-state index in [0.717, 1.165) is 16.4 Å². The van der Waals surface area contributed by atoms with Gasteiger partial charge in [0.25, 0.3) is 5.91 Å². The molecule has 0 radical (unpaired) electrons. The molecule has 1 heterocycles. The maximum Gasteiger partial charge on any atom is 0.417 e. The lowest BCUT2D eigenvalue weighted by Crippen LogP contribution is -2.50. The Hall–Kier alpha value is -2.50. The molecule has 1 amide bonds. The Balaban J connectivity index is 1.76. The number of piperazine rings is 1. The van der Waals surface area contributed by atoms with Crippen LogP contribution in [0.5, 0.6) is 11.5 Å². The van der Waals surface area contributed by atoms with Gasteiger partial charge in [-0.1, -0.05) is 11.6 Å². The van der Waals surface area contributed by atoms with Gasteiger partial charge in [0.15, 0.2) is 0 Å². The summed E-state index contributed by atoms with van der Waals surface area (Å²) in [6, 6.07) is 7.17. The first kappa shape index (κ1) is 24.1. The zero-order valence-electron chi connectivity index (χ0n) is 17.1. The third-order valence-corrected chi connectivity index (χ3v) is 7.23. The molecule has 3 rings (SSSR count). The molecule has 0 aromatic heterocycles. The Bertz CT molecular complexity index is 1090. The number of carbonyl (C=O) groups is 1. The predicted octanol–water partition coefficient (Wildman–Crippen LogP) is 3.52. The summed E-state index contributed by atoms with van der Waals surface area (Å²) in [5.74, 6) is 0.513. The number of halogens is 4. The molecule has 174 valence electrons. The van der Waals surface area contributed by atoms with E-state index in [9.17, 15) is 26.4 Å². The Kier molecular flexibility index (Phi) is 6.91. The lowest BCUT2D eigenvalue weighted by molar-refractivity contribution is -0.137. The van der Waals surface area contributed by atoms with Crippen LogP contribution in [0.15, 0.2) is 41.3 Å². The van der Waals surface area contributed by atoms with E-state index in [1.807, 2.05) is 0 Å². The lowest BCUT2D eigenvalue weighted by Gasteiger charge is -2.34. The van der Waals surface area contributed by atoms with Gasteiger partial charge in [-0.2, -0.15) is 17.5 Å². The highest BCUT2D eigenvalue weighted by Gasteiger charge is 2.36. The third kappa shape index (κ3) is 4.94. The lowest BCUT2D eigenvalue weighted by atomic mass is 10.1. The summed E-state index contributed by atoms with van der Waals surface area (Å²) >= 11 is 5.58. The summed E-state index contributed by atoms with van der Waals surface area (Å²) in [4.78, 5) is 13.8. The zero-order valence-corrected chi connectivity index (χ0v) is 18.7. The number of rotatable bonds is 5. The first-order valence-corrected chi connectivity index (χ1v) is 11.2. The van der Waals surface area contributed by atoms with Gasteiger partial charge in [0, 0.05) is 37.8 Å². The summed E-state index contributed by atoms with van der Waals surface area (Å²) in [5.41, 5.74) is -0.911. The topological polar surface area (TPSA) is 76.2 Å². The molecule has 1 aliphatic heterocycles. The summed E-state index contributed by atoms with van der Waals surface area (Å²) in [6.45, 7) is -0.00702. The van der Waals surface area contributed by atoms with Crippen LogP contribution in [0.4, 0.5) is 13.2 Å². The van der Waals surface area contributed by atoms with Crippen molar-refractivity contribution < 1.29 is 35.9 Å². The molecule has 0 saturated carbocycles. The number of sulfonamides is 1. The molecule has 1 aliphatic rings. The molecule has 2 aromatic carbocycles. The quantitative estimate of drug-likeness (QED) is 0.638. The van der Waals surface area contributed by atoms with Crippen molar-refractivity contribution in [2.24, 2.45) is 0 Å². The molecule has 0 aliphatic carbocycles. The van der Waals surface area contributed by atoms with Crippen LogP contribution in [0.1, 0.15) is 15.9 Å². The minimum atomic E-state index is -4.79. The maximum absolute atomic E-state index is 13.1. The Labute approximate surface area is 188 Å². The van der Waals surface area contributed by atoms with Gasteiger partial charge in [0.2, 0.25) is 10.0 Å². The van der Waals surface area contributed by atoms with Crippen LogP contribution in [-0.2, 0) is 16.2 Å². The molecule has 2 aromatic rings. The average Bonchev–Trinajstić information content (AvgIpc) is 2.77. The van der Waals surface area contributed by atoms with Gasteiger partial charge in [-0.25, -0.2) is 8.42 Å². The van der Waals surface area contributed by atoms with E-state index in [-0.39, 0.29) is 32.1 Å². The fourth-order valence-corrected chi connectivity index (χ4v) is 4.95. The summed E-state index contributed by atoms with van der Waals surface area (Å²) in [6.07, 6.45) is -4.79. The van der Waals surface area contributed by atoms with E-state index in [1.165, 1.54) is 19.1 Å². The van der Waals surface area contributed by atoms with Gasteiger partial charge in [-0.3, -0.25) is 4.79 Å². The van der Waals surface area contributed by atoms with Crippen molar-refractivity contribution in [2.45, 2.75) is 11.1 Å². The van der Waals surface area contributed by atoms with Crippen LogP contribution in [0.2, 0.25) is 5.02 Å². The molecule has 12 heteroatoms. The number of carbonyl (C=O) groups excluding carboxylic acids is 1. The van der Waals surface area contributed by atoms with Crippen LogP contribution >= 0.6 is 11.6 Å². The van der Waals surface area contributed by atoms with E-state index in [1.54, 1.807) is 18.2 Å². The Morgan fingerprint density at radius 3 is 2.03 bits per heavy atom. The van der Waals surface area contributed by atoms with Crippen molar-refractivity contribution >= 4 is 27.5 Å². The predicted molar refractivity (Wildman–Crippen MR) is 111 cm³/mol. The largest absolute Gasteiger partial charge is 0.497 e. The van der Waals surface area contributed by atoms with Crippen LogP contribution in [-0.4, -0.2) is 63.9 Å². The van der Waals surface area contributed by atoms with Gasteiger partial charge in [-0.15, -0.1) is 0 Å². The minimum absolute atomic E-state index is 0.0668. The maximum atomic E-state index is 13.1. The number of ether oxygens (including phenoxy) is 2. The van der Waals surface area contributed by atoms with Crippen LogP contribution in [0.25, 0.3) is 0 Å². The van der Waals surface area contributed by atoms with Crippen LogP contribution in [0.3, 0.4) is 0 Å². The normalized spacial score (nSPS) is 15.5. The number of alkyl halides is 3. The monoisotopic (exact) mass is 492 g/mol. The van der Waals surface area contributed by atoms with Crippen molar-refractivity contribution in [1.82, 2.24) is 9.21 Å². The molecule has 0 spiro atoms. The van der Waals surface area contributed by atoms with E-state index >= 15 is 0 Å². The summed E-state index contributed by atoms with van der Waals surface area (Å²) in [5, 5.41) is -0.583. The average molecular weight is 493 g/mol. The van der Waals surface area contributed by atoms with Gasteiger partial charge in [0.05, 0.1) is 29.7 Å². The highest BCUT2D eigenvalue weighted by atomic mass is 35.5. The number of hydrogen-bond acceptors (Lipinski definition) is 5. The van der Waals surface area contributed by atoms with E-state index in [2.05, 4.69) is 0 Å². The highest BCUT2D eigenvalue weighted by Crippen LogP contribution is 2.36. The second-order valence-electron chi connectivity index (χ2n) is 6.94. The number of amides is 1. The molecule has 0 atom stereocenters. The molecular formula is C20H20ClF3N2O5S. The van der Waals surface area contributed by atoms with Crippen molar-refractivity contribution in [1.29, 1.82) is 0 Å². The van der Waals surface area contributed by atoms with Crippen molar-refractivity contribution in [3.8, 4) is 11.5 Å². The van der Waals surface area contributed by atoms with E-state index in [0.29, 0.717) is 23.1 Å². The van der Waals surface area contributed by atoms with Crippen molar-refractivity contribution in [3.05, 3.63) is 52.5 Å². The van der Waals surface area contributed by atoms with Crippen molar-refractivity contribution in [3.63, 3.8) is 0 Å². The molecular weight excluding hydrogens is 473 g/mol.